The first-order valence-electron chi connectivity index (χ1n) is 9.63. The van der Waals surface area contributed by atoms with Gasteiger partial charge in [0.1, 0.15) is 11.4 Å². The third kappa shape index (κ3) is 3.52. The standard InChI is InChI=1S/C20H24FN5O2/c21-17-3-1-15(2-4-17)13-20(16-5-7-22-8-6-16)18(27)26(19(28)24-20)12-11-25-10-9-23-14-25/h1-4,9-10,14,16,22H,5-8,11-13H2,(H,24,28). The van der Waals surface area contributed by atoms with Crippen molar-refractivity contribution in [2.45, 2.75) is 31.3 Å². The van der Waals surface area contributed by atoms with Crippen molar-refractivity contribution in [3.05, 3.63) is 54.4 Å². The summed E-state index contributed by atoms with van der Waals surface area (Å²) in [7, 11) is 0. The Morgan fingerprint density at radius 1 is 1.14 bits per heavy atom. The van der Waals surface area contributed by atoms with E-state index < -0.39 is 5.54 Å². The number of hydrogen-bond acceptors (Lipinski definition) is 4. The van der Waals surface area contributed by atoms with Crippen LogP contribution in [0.1, 0.15) is 18.4 Å². The van der Waals surface area contributed by atoms with Crippen molar-refractivity contribution in [3.8, 4) is 0 Å². The molecule has 0 aliphatic carbocycles. The molecule has 1 aromatic carbocycles. The molecule has 8 heteroatoms. The molecule has 2 N–H and O–H groups in total. The molecular formula is C20H24FN5O2. The Bertz CT molecular complexity index is 833. The zero-order chi connectivity index (χ0) is 19.6. The van der Waals surface area contributed by atoms with E-state index in [4.69, 9.17) is 0 Å². The molecule has 28 heavy (non-hydrogen) atoms. The molecule has 2 aliphatic rings. The smallest absolute Gasteiger partial charge is 0.325 e. The molecule has 4 rings (SSSR count). The summed E-state index contributed by atoms with van der Waals surface area (Å²) < 4.78 is 15.2. The predicted molar refractivity (Wildman–Crippen MR) is 101 cm³/mol. The Kier molecular flexibility index (Phi) is 5.13. The number of amides is 3. The van der Waals surface area contributed by atoms with Gasteiger partial charge in [0.15, 0.2) is 0 Å². The van der Waals surface area contributed by atoms with E-state index in [0.717, 1.165) is 31.5 Å². The fourth-order valence-electron chi connectivity index (χ4n) is 4.26. The molecule has 0 saturated carbocycles. The van der Waals surface area contributed by atoms with E-state index in [2.05, 4.69) is 15.6 Å². The van der Waals surface area contributed by atoms with Crippen LogP contribution >= 0.6 is 0 Å². The molecule has 1 aromatic heterocycles. The molecule has 7 nitrogen and oxygen atoms in total. The van der Waals surface area contributed by atoms with Crippen molar-refractivity contribution in [1.82, 2.24) is 25.1 Å². The fourth-order valence-corrected chi connectivity index (χ4v) is 4.26. The summed E-state index contributed by atoms with van der Waals surface area (Å²) in [6.07, 6.45) is 7.11. The number of carbonyl (C=O) groups excluding carboxylic acids is 2. The van der Waals surface area contributed by atoms with Gasteiger partial charge >= 0.3 is 6.03 Å². The van der Waals surface area contributed by atoms with Crippen molar-refractivity contribution < 1.29 is 14.0 Å². The SMILES string of the molecule is O=C1NC(Cc2ccc(F)cc2)(C2CCNCC2)C(=O)N1CCn1ccnc1. The first kappa shape index (κ1) is 18.6. The number of carbonyl (C=O) groups is 2. The molecule has 2 aromatic rings. The van der Waals surface area contributed by atoms with Crippen LogP contribution in [0.15, 0.2) is 43.0 Å². The summed E-state index contributed by atoms with van der Waals surface area (Å²) >= 11 is 0. The average Bonchev–Trinajstić information content (AvgIpc) is 3.30. The monoisotopic (exact) mass is 385 g/mol. The highest BCUT2D eigenvalue weighted by molar-refractivity contribution is 6.07. The van der Waals surface area contributed by atoms with Gasteiger partial charge in [0.05, 0.1) is 6.33 Å². The van der Waals surface area contributed by atoms with Crippen LogP contribution in [0.2, 0.25) is 0 Å². The third-order valence-corrected chi connectivity index (χ3v) is 5.78. The van der Waals surface area contributed by atoms with Gasteiger partial charge in [0.25, 0.3) is 5.91 Å². The van der Waals surface area contributed by atoms with Gasteiger partial charge in [-0.2, -0.15) is 0 Å². The number of urea groups is 1. The summed E-state index contributed by atoms with van der Waals surface area (Å²) in [5, 5.41) is 6.33. The highest BCUT2D eigenvalue weighted by atomic mass is 19.1. The van der Waals surface area contributed by atoms with E-state index in [1.807, 2.05) is 4.57 Å². The number of benzene rings is 1. The maximum Gasteiger partial charge on any atom is 0.325 e. The van der Waals surface area contributed by atoms with Crippen LogP contribution < -0.4 is 10.6 Å². The van der Waals surface area contributed by atoms with E-state index in [-0.39, 0.29) is 30.2 Å². The van der Waals surface area contributed by atoms with Crippen molar-refractivity contribution in [3.63, 3.8) is 0 Å². The maximum atomic E-state index is 13.5. The second-order valence-corrected chi connectivity index (χ2v) is 7.49. The van der Waals surface area contributed by atoms with Crippen LogP contribution in [0, 0.1) is 11.7 Å². The van der Waals surface area contributed by atoms with E-state index >= 15 is 0 Å². The van der Waals surface area contributed by atoms with Crippen LogP contribution in [-0.2, 0) is 17.8 Å². The molecule has 1 atom stereocenters. The second kappa shape index (κ2) is 7.71. The molecule has 3 amide bonds. The number of halogens is 1. The third-order valence-electron chi connectivity index (χ3n) is 5.78. The van der Waals surface area contributed by atoms with E-state index in [1.54, 1.807) is 30.9 Å². The molecule has 1 unspecified atom stereocenters. The molecule has 148 valence electrons. The zero-order valence-corrected chi connectivity index (χ0v) is 15.6. The molecule has 0 spiro atoms. The number of hydrogen-bond donors (Lipinski definition) is 2. The summed E-state index contributed by atoms with van der Waals surface area (Å²) in [5.74, 6) is -0.467. The number of nitrogens with zero attached hydrogens (tertiary/aromatic N) is 3. The number of imidazole rings is 1. The van der Waals surface area contributed by atoms with Gasteiger partial charge in [-0.3, -0.25) is 9.69 Å². The normalized spacial score (nSPS) is 23.2. The topological polar surface area (TPSA) is 79.3 Å². The van der Waals surface area contributed by atoms with Crippen LogP contribution in [0.3, 0.4) is 0 Å². The van der Waals surface area contributed by atoms with E-state index in [1.165, 1.54) is 17.0 Å². The first-order valence-corrected chi connectivity index (χ1v) is 9.63. The van der Waals surface area contributed by atoms with Crippen LogP contribution in [0.5, 0.6) is 0 Å². The predicted octanol–water partition coefficient (Wildman–Crippen LogP) is 1.56. The quantitative estimate of drug-likeness (QED) is 0.740. The molecule has 3 heterocycles. The maximum absolute atomic E-state index is 13.5. The highest BCUT2D eigenvalue weighted by Crippen LogP contribution is 2.35. The average molecular weight is 385 g/mol. The van der Waals surface area contributed by atoms with Crippen molar-refractivity contribution in [2.24, 2.45) is 5.92 Å². The summed E-state index contributed by atoms with van der Waals surface area (Å²) in [6, 6.07) is 5.80. The Balaban J connectivity index is 1.59. The Morgan fingerprint density at radius 3 is 2.57 bits per heavy atom. The first-order chi connectivity index (χ1) is 13.6. The van der Waals surface area contributed by atoms with Gasteiger partial charge in [0, 0.05) is 31.9 Å². The van der Waals surface area contributed by atoms with Gasteiger partial charge in [0.2, 0.25) is 0 Å². The Labute approximate surface area is 162 Å². The lowest BCUT2D eigenvalue weighted by molar-refractivity contribution is -0.133. The van der Waals surface area contributed by atoms with Gasteiger partial charge in [-0.15, -0.1) is 0 Å². The summed E-state index contributed by atoms with van der Waals surface area (Å²) in [4.78, 5) is 31.5. The van der Waals surface area contributed by atoms with Crippen LogP contribution in [0.25, 0.3) is 0 Å². The lowest BCUT2D eigenvalue weighted by Crippen LogP contribution is -2.57. The number of imide groups is 1. The molecule has 0 bridgehead atoms. The molecule has 2 aliphatic heterocycles. The molecular weight excluding hydrogens is 361 g/mol. The van der Waals surface area contributed by atoms with Crippen LogP contribution in [0.4, 0.5) is 9.18 Å². The van der Waals surface area contributed by atoms with E-state index in [9.17, 15) is 14.0 Å². The number of rotatable bonds is 6. The number of nitrogens with one attached hydrogen (secondary N) is 2. The minimum atomic E-state index is -0.980. The summed E-state index contributed by atoms with van der Waals surface area (Å²) in [5.41, 5.74) is -0.142. The zero-order valence-electron chi connectivity index (χ0n) is 15.6. The van der Waals surface area contributed by atoms with Gasteiger partial charge in [-0.05, 0) is 49.5 Å². The minimum absolute atomic E-state index is 0.0356. The Morgan fingerprint density at radius 2 is 1.89 bits per heavy atom. The minimum Gasteiger partial charge on any atom is -0.336 e. The summed E-state index contributed by atoms with van der Waals surface area (Å²) in [6.45, 7) is 2.41. The van der Waals surface area contributed by atoms with Gasteiger partial charge in [-0.1, -0.05) is 12.1 Å². The van der Waals surface area contributed by atoms with Crippen molar-refractivity contribution >= 4 is 11.9 Å². The molecule has 0 radical (unpaired) electrons. The van der Waals surface area contributed by atoms with Gasteiger partial charge in [-0.25, -0.2) is 14.2 Å². The molecule has 2 fully saturated rings. The van der Waals surface area contributed by atoms with E-state index in [0.29, 0.717) is 13.0 Å². The van der Waals surface area contributed by atoms with Crippen molar-refractivity contribution in [1.29, 1.82) is 0 Å². The lowest BCUT2D eigenvalue weighted by Gasteiger charge is -2.38. The van der Waals surface area contributed by atoms with Crippen molar-refractivity contribution in [2.75, 3.05) is 19.6 Å². The second-order valence-electron chi connectivity index (χ2n) is 7.49. The van der Waals surface area contributed by atoms with Gasteiger partial charge < -0.3 is 15.2 Å². The largest absolute Gasteiger partial charge is 0.336 e. The lowest BCUT2D eigenvalue weighted by atomic mass is 9.74. The fraction of sp³-hybridized carbons (Fsp3) is 0.450. The highest BCUT2D eigenvalue weighted by Gasteiger charge is 2.55. The Hall–Kier alpha value is -2.74. The number of aromatic nitrogens is 2. The molecule has 2 saturated heterocycles. The van der Waals surface area contributed by atoms with Crippen LogP contribution in [-0.4, -0.2) is 51.6 Å². The number of piperidine rings is 1.